The zero-order chi connectivity index (χ0) is 33.1. The standard InChI is InChI=1S/C29H47N3O6.C2H4O.C2H6/c1-7-23-15-22(16-33)28(36)26(38-23)12-9-17(2)8-11-25-19(4)14-24(20(5)37-25)32-27(35)13-10-18(3)29(30)31-21(6)34;1-2-3;1-2/h8-10,12-13,18-20,22-26,28,33,36H,7,11,14-16H2,1-6H3,(H,32,35)(H2,30,31,34);2H,1H3;1-2H3/b12-9+,13-10-,17-8+;;/t18?,19?,20?,22?,23-,24?,25?,26?,28+;;/m1../s1. The Kier molecular flexibility index (Phi) is 20.6. The maximum atomic E-state index is 12.5. The van der Waals surface area contributed by atoms with Crippen LogP contribution in [0.3, 0.4) is 0 Å². The van der Waals surface area contributed by atoms with E-state index < -0.39 is 12.2 Å². The average molecular weight is 608 g/mol. The number of carbonyl (C=O) groups is 3. The smallest absolute Gasteiger partial charge is 0.244 e. The van der Waals surface area contributed by atoms with Crippen LogP contribution in [0.5, 0.6) is 0 Å². The number of aldehydes is 1. The maximum absolute atomic E-state index is 12.5. The topological polar surface area (TPSA) is 161 Å². The molecular formula is C33H57N3O7. The molecule has 0 bridgehead atoms. The van der Waals surface area contributed by atoms with Crippen LogP contribution in [0.25, 0.3) is 0 Å². The number of aliphatic hydroxyl groups excluding tert-OH is 2. The molecular weight excluding hydrogens is 550 g/mol. The van der Waals surface area contributed by atoms with Crippen molar-refractivity contribution in [2.75, 3.05) is 6.61 Å². The molecule has 2 aliphatic rings. The molecule has 10 heteroatoms. The van der Waals surface area contributed by atoms with E-state index in [-0.39, 0.29) is 66.4 Å². The lowest BCUT2D eigenvalue weighted by atomic mass is 9.87. The van der Waals surface area contributed by atoms with Crippen molar-refractivity contribution >= 4 is 23.9 Å². The zero-order valence-electron chi connectivity index (χ0n) is 27.7. The van der Waals surface area contributed by atoms with Crippen molar-refractivity contribution in [3.05, 3.63) is 36.0 Å². The molecule has 5 N–H and O–H groups in total. The number of rotatable bonds is 10. The summed E-state index contributed by atoms with van der Waals surface area (Å²) in [4.78, 5) is 36.0. The summed E-state index contributed by atoms with van der Waals surface area (Å²) in [6.07, 6.45) is 11.6. The summed E-state index contributed by atoms with van der Waals surface area (Å²) in [5.74, 6) is -0.688. The molecule has 0 saturated carbocycles. The minimum absolute atomic E-state index is 0.0272. The van der Waals surface area contributed by atoms with Crippen LogP contribution in [0, 0.1) is 17.8 Å². The molecule has 0 aromatic rings. The lowest BCUT2D eigenvalue weighted by Crippen LogP contribution is -2.50. The maximum Gasteiger partial charge on any atom is 0.244 e. The molecule has 7 unspecified atom stereocenters. The van der Waals surface area contributed by atoms with Gasteiger partial charge in [0.2, 0.25) is 11.8 Å². The van der Waals surface area contributed by atoms with Gasteiger partial charge >= 0.3 is 0 Å². The number of aliphatic imine (C=N–C) groups is 1. The molecule has 2 fully saturated rings. The van der Waals surface area contributed by atoms with Gasteiger partial charge in [0.1, 0.15) is 18.2 Å². The van der Waals surface area contributed by atoms with Crippen molar-refractivity contribution in [3.63, 3.8) is 0 Å². The van der Waals surface area contributed by atoms with Gasteiger partial charge < -0.3 is 35.5 Å². The molecule has 10 nitrogen and oxygen atoms in total. The summed E-state index contributed by atoms with van der Waals surface area (Å²) in [6, 6.07) is -0.113. The van der Waals surface area contributed by atoms with Gasteiger partial charge in [-0.15, -0.1) is 0 Å². The number of aliphatic hydroxyl groups is 2. The van der Waals surface area contributed by atoms with Crippen LogP contribution >= 0.6 is 0 Å². The molecule has 0 aliphatic carbocycles. The first-order chi connectivity index (χ1) is 20.4. The third-order valence-electron chi connectivity index (χ3n) is 7.48. The number of allylic oxidation sites excluding steroid dienone is 2. The van der Waals surface area contributed by atoms with Crippen molar-refractivity contribution in [1.82, 2.24) is 5.32 Å². The highest BCUT2D eigenvalue weighted by atomic mass is 16.5. The summed E-state index contributed by atoms with van der Waals surface area (Å²) in [6.45, 7) is 16.6. The van der Waals surface area contributed by atoms with Gasteiger partial charge in [-0.25, -0.2) is 4.99 Å². The van der Waals surface area contributed by atoms with Gasteiger partial charge in [-0.05, 0) is 58.4 Å². The van der Waals surface area contributed by atoms with E-state index in [4.69, 9.17) is 20.0 Å². The second-order valence-electron chi connectivity index (χ2n) is 11.0. The number of nitrogens with one attached hydrogen (secondary N) is 1. The second-order valence-corrected chi connectivity index (χ2v) is 11.0. The van der Waals surface area contributed by atoms with Crippen LogP contribution in [-0.2, 0) is 23.9 Å². The van der Waals surface area contributed by atoms with E-state index in [1.165, 1.54) is 19.9 Å². The minimum atomic E-state index is -0.717. The van der Waals surface area contributed by atoms with E-state index in [9.17, 15) is 19.8 Å². The quantitative estimate of drug-likeness (QED) is 0.0951. The molecule has 2 amide bonds. The summed E-state index contributed by atoms with van der Waals surface area (Å²) < 4.78 is 12.3. The predicted molar refractivity (Wildman–Crippen MR) is 171 cm³/mol. The summed E-state index contributed by atoms with van der Waals surface area (Å²) in [7, 11) is 0. The van der Waals surface area contributed by atoms with E-state index in [1.807, 2.05) is 46.8 Å². The molecule has 0 radical (unpaired) electrons. The Hall–Kier alpha value is -2.66. The van der Waals surface area contributed by atoms with Crippen molar-refractivity contribution in [2.24, 2.45) is 28.5 Å². The van der Waals surface area contributed by atoms with Crippen LogP contribution in [0.2, 0.25) is 0 Å². The van der Waals surface area contributed by atoms with Crippen LogP contribution in [0.1, 0.15) is 88.0 Å². The fraction of sp³-hybridized carbons (Fsp3) is 0.697. The highest BCUT2D eigenvalue weighted by Gasteiger charge is 2.35. The minimum Gasteiger partial charge on any atom is -0.396 e. The van der Waals surface area contributed by atoms with E-state index >= 15 is 0 Å². The van der Waals surface area contributed by atoms with Crippen molar-refractivity contribution in [1.29, 1.82) is 0 Å². The first-order valence-electron chi connectivity index (χ1n) is 15.5. The lowest BCUT2D eigenvalue weighted by molar-refractivity contribution is -0.133. The number of amides is 2. The van der Waals surface area contributed by atoms with Gasteiger partial charge in [0.25, 0.3) is 0 Å². The molecule has 0 aromatic heterocycles. The number of hydrogen-bond acceptors (Lipinski definition) is 7. The first-order valence-corrected chi connectivity index (χ1v) is 15.5. The van der Waals surface area contributed by atoms with Gasteiger partial charge in [-0.3, -0.25) is 9.59 Å². The summed E-state index contributed by atoms with van der Waals surface area (Å²) >= 11 is 0. The third kappa shape index (κ3) is 15.1. The Morgan fingerprint density at radius 1 is 1.14 bits per heavy atom. The van der Waals surface area contributed by atoms with Crippen molar-refractivity contribution < 1.29 is 34.1 Å². The highest BCUT2D eigenvalue weighted by molar-refractivity contribution is 5.95. The molecule has 0 spiro atoms. The molecule has 2 aliphatic heterocycles. The highest BCUT2D eigenvalue weighted by Crippen LogP contribution is 2.29. The zero-order valence-corrected chi connectivity index (χ0v) is 27.7. The Morgan fingerprint density at radius 2 is 1.77 bits per heavy atom. The van der Waals surface area contributed by atoms with E-state index in [1.54, 1.807) is 13.0 Å². The fourth-order valence-corrected chi connectivity index (χ4v) is 4.88. The van der Waals surface area contributed by atoms with Crippen molar-refractivity contribution in [3.8, 4) is 0 Å². The van der Waals surface area contributed by atoms with Gasteiger partial charge in [0.05, 0.1) is 30.5 Å². The Morgan fingerprint density at radius 3 is 2.33 bits per heavy atom. The Labute approximate surface area is 258 Å². The number of hydrogen-bond donors (Lipinski definition) is 4. The predicted octanol–water partition coefficient (Wildman–Crippen LogP) is 4.04. The molecule has 0 aromatic carbocycles. The van der Waals surface area contributed by atoms with E-state index in [0.717, 1.165) is 31.1 Å². The normalized spacial score (nSPS) is 30.5. The van der Waals surface area contributed by atoms with E-state index in [2.05, 4.69) is 23.3 Å². The number of amidine groups is 1. The summed E-state index contributed by atoms with van der Waals surface area (Å²) in [5.41, 5.74) is 6.82. The van der Waals surface area contributed by atoms with Crippen molar-refractivity contribution in [2.45, 2.75) is 125 Å². The van der Waals surface area contributed by atoms with Crippen LogP contribution in [0.15, 0.2) is 40.9 Å². The number of nitrogens with two attached hydrogens (primary N) is 1. The van der Waals surface area contributed by atoms with Crippen LogP contribution < -0.4 is 11.1 Å². The Balaban J connectivity index is 0.00000331. The second kappa shape index (κ2) is 21.9. The first kappa shape index (κ1) is 40.3. The lowest BCUT2D eigenvalue weighted by Gasteiger charge is -2.39. The van der Waals surface area contributed by atoms with Gasteiger partial charge in [0, 0.05) is 25.4 Å². The molecule has 2 heterocycles. The fourth-order valence-electron chi connectivity index (χ4n) is 4.88. The molecule has 2 saturated heterocycles. The number of ether oxygens (including phenoxy) is 2. The number of nitrogens with zero attached hydrogens (tertiary/aromatic N) is 1. The third-order valence-corrected chi connectivity index (χ3v) is 7.48. The monoisotopic (exact) mass is 607 g/mol. The average Bonchev–Trinajstić information content (AvgIpc) is 2.97. The molecule has 2 rings (SSSR count). The molecule has 43 heavy (non-hydrogen) atoms. The molecule has 9 atom stereocenters. The summed E-state index contributed by atoms with van der Waals surface area (Å²) in [5, 5.41) is 23.1. The molecule has 246 valence electrons. The SMILES string of the molecule is CC.CC=O.CC[C@@H]1CC(CO)[C@H](O)C(/C=C/C(C)=C/CC2OC(C)C(NC(=O)/C=C\C(C)C(N)=NC(C)=O)CC2C)O1. The number of carbonyl (C=O) groups excluding carboxylic acids is 3. The van der Waals surface area contributed by atoms with Gasteiger partial charge in [0.15, 0.2) is 0 Å². The van der Waals surface area contributed by atoms with Gasteiger partial charge in [-0.1, -0.05) is 64.5 Å². The largest absolute Gasteiger partial charge is 0.396 e. The van der Waals surface area contributed by atoms with Crippen LogP contribution in [-0.4, -0.2) is 77.3 Å². The van der Waals surface area contributed by atoms with Gasteiger partial charge in [-0.2, -0.15) is 0 Å². The Bertz CT molecular complexity index is 962. The van der Waals surface area contributed by atoms with E-state index in [0.29, 0.717) is 6.42 Å². The van der Waals surface area contributed by atoms with Crippen LogP contribution in [0.4, 0.5) is 0 Å².